The Balaban J connectivity index is 1.70. The molecular formula is C17H24OS. The van der Waals surface area contributed by atoms with Gasteiger partial charge in [-0.1, -0.05) is 6.92 Å². The maximum atomic E-state index is 11.0. The minimum Gasteiger partial charge on any atom is -0.388 e. The van der Waals surface area contributed by atoms with Gasteiger partial charge in [0.25, 0.3) is 0 Å². The van der Waals surface area contributed by atoms with Crippen molar-refractivity contribution in [3.8, 4) is 0 Å². The number of hydrogen-bond donors (Lipinski definition) is 1. The molecule has 4 aliphatic carbocycles. The molecular weight excluding hydrogens is 252 g/mol. The van der Waals surface area contributed by atoms with Crippen molar-refractivity contribution in [1.82, 2.24) is 0 Å². The second kappa shape index (κ2) is 3.85. The Kier molecular flexibility index (Phi) is 2.52. The van der Waals surface area contributed by atoms with Crippen molar-refractivity contribution < 1.29 is 5.11 Å². The molecule has 0 saturated heterocycles. The maximum absolute atomic E-state index is 11.0. The van der Waals surface area contributed by atoms with E-state index in [0.717, 1.165) is 11.8 Å². The summed E-state index contributed by atoms with van der Waals surface area (Å²) in [5.41, 5.74) is 1.91. The van der Waals surface area contributed by atoms with Crippen LogP contribution >= 0.6 is 11.3 Å². The summed E-state index contributed by atoms with van der Waals surface area (Å²) in [4.78, 5) is 1.32. The van der Waals surface area contributed by atoms with Crippen LogP contribution in [0.5, 0.6) is 0 Å². The van der Waals surface area contributed by atoms with Gasteiger partial charge in [-0.05, 0) is 79.7 Å². The fraction of sp³-hybridized carbons (Fsp3) is 0.765. The second-order valence-electron chi connectivity index (χ2n) is 8.03. The fourth-order valence-corrected chi connectivity index (χ4v) is 6.80. The lowest BCUT2D eigenvalue weighted by atomic mass is 9.43. The average molecular weight is 276 g/mol. The largest absolute Gasteiger partial charge is 0.388 e. The van der Waals surface area contributed by atoms with Gasteiger partial charge in [-0.15, -0.1) is 11.3 Å². The van der Waals surface area contributed by atoms with E-state index in [1.54, 1.807) is 11.3 Å². The van der Waals surface area contributed by atoms with E-state index in [9.17, 15) is 5.11 Å². The molecule has 0 spiro atoms. The SMILES string of the molecule is Cc1cc(C(O)C23CC4CC(CC(C)(C4)C2)C3)cs1. The molecule has 1 heterocycles. The molecule has 4 aliphatic rings. The summed E-state index contributed by atoms with van der Waals surface area (Å²) >= 11 is 1.78. The zero-order chi connectivity index (χ0) is 13.3. The molecule has 104 valence electrons. The molecule has 1 aromatic heterocycles. The van der Waals surface area contributed by atoms with Gasteiger partial charge < -0.3 is 5.11 Å². The summed E-state index contributed by atoms with van der Waals surface area (Å²) in [5, 5.41) is 13.2. The minimum absolute atomic E-state index is 0.201. The molecule has 2 heteroatoms. The molecule has 4 bridgehead atoms. The van der Waals surface area contributed by atoms with Crippen molar-refractivity contribution in [2.75, 3.05) is 0 Å². The van der Waals surface area contributed by atoms with E-state index in [4.69, 9.17) is 0 Å². The van der Waals surface area contributed by atoms with Crippen LogP contribution in [0.1, 0.15) is 62.0 Å². The Morgan fingerprint density at radius 1 is 1.26 bits per heavy atom. The van der Waals surface area contributed by atoms with Crippen molar-refractivity contribution >= 4 is 11.3 Å². The van der Waals surface area contributed by atoms with E-state index in [-0.39, 0.29) is 11.5 Å². The van der Waals surface area contributed by atoms with Crippen molar-refractivity contribution in [3.63, 3.8) is 0 Å². The first kappa shape index (κ1) is 12.4. The van der Waals surface area contributed by atoms with Crippen molar-refractivity contribution in [3.05, 3.63) is 21.9 Å². The van der Waals surface area contributed by atoms with E-state index in [1.807, 2.05) is 0 Å². The lowest BCUT2D eigenvalue weighted by Gasteiger charge is -2.62. The van der Waals surface area contributed by atoms with Crippen LogP contribution in [0.2, 0.25) is 0 Å². The van der Waals surface area contributed by atoms with Gasteiger partial charge in [0, 0.05) is 10.3 Å². The molecule has 0 aliphatic heterocycles. The van der Waals surface area contributed by atoms with E-state index in [2.05, 4.69) is 25.3 Å². The second-order valence-corrected chi connectivity index (χ2v) is 9.14. The Morgan fingerprint density at radius 3 is 2.47 bits per heavy atom. The van der Waals surface area contributed by atoms with Crippen molar-refractivity contribution in [1.29, 1.82) is 0 Å². The summed E-state index contributed by atoms with van der Waals surface area (Å²) < 4.78 is 0. The summed E-state index contributed by atoms with van der Waals surface area (Å²) in [6.07, 6.45) is 7.85. The quantitative estimate of drug-likeness (QED) is 0.830. The average Bonchev–Trinajstić information content (AvgIpc) is 2.71. The molecule has 19 heavy (non-hydrogen) atoms. The molecule has 1 nitrogen and oxygen atoms in total. The van der Waals surface area contributed by atoms with Gasteiger partial charge in [0.15, 0.2) is 0 Å². The van der Waals surface area contributed by atoms with Gasteiger partial charge in [-0.3, -0.25) is 0 Å². The number of rotatable bonds is 2. The lowest BCUT2D eigenvalue weighted by Crippen LogP contribution is -2.53. The third-order valence-corrected chi connectivity index (χ3v) is 6.93. The highest BCUT2D eigenvalue weighted by molar-refractivity contribution is 7.10. The van der Waals surface area contributed by atoms with Crippen LogP contribution in [0.3, 0.4) is 0 Å². The van der Waals surface area contributed by atoms with Crippen LogP contribution in [-0.4, -0.2) is 5.11 Å². The van der Waals surface area contributed by atoms with Gasteiger partial charge in [-0.2, -0.15) is 0 Å². The van der Waals surface area contributed by atoms with Crippen LogP contribution in [0.15, 0.2) is 11.4 Å². The molecule has 0 radical (unpaired) electrons. The van der Waals surface area contributed by atoms with Gasteiger partial charge in [-0.25, -0.2) is 0 Å². The summed E-state index contributed by atoms with van der Waals surface area (Å²) in [6, 6.07) is 2.20. The van der Waals surface area contributed by atoms with Gasteiger partial charge >= 0.3 is 0 Å². The molecule has 3 atom stereocenters. The first-order valence-electron chi connectivity index (χ1n) is 7.71. The highest BCUT2D eigenvalue weighted by Crippen LogP contribution is 2.68. The maximum Gasteiger partial charge on any atom is 0.0854 e. The van der Waals surface area contributed by atoms with Crippen LogP contribution in [0.25, 0.3) is 0 Å². The molecule has 0 amide bonds. The molecule has 3 unspecified atom stereocenters. The number of hydrogen-bond acceptors (Lipinski definition) is 2. The highest BCUT2D eigenvalue weighted by atomic mass is 32.1. The standard InChI is InChI=1S/C17H24OS/c1-11-3-14(9-19-11)15(18)17-7-12-4-13(8-17)6-16(2,5-12)10-17/h3,9,12-13,15,18H,4-8,10H2,1-2H3. The predicted molar refractivity (Wildman–Crippen MR) is 79.2 cm³/mol. The summed E-state index contributed by atoms with van der Waals surface area (Å²) in [6.45, 7) is 4.62. The molecule has 4 fully saturated rings. The van der Waals surface area contributed by atoms with Gasteiger partial charge in [0.2, 0.25) is 0 Å². The topological polar surface area (TPSA) is 20.2 Å². The lowest BCUT2D eigenvalue weighted by molar-refractivity contribution is -0.155. The van der Waals surface area contributed by atoms with Gasteiger partial charge in [0.05, 0.1) is 6.10 Å². The zero-order valence-electron chi connectivity index (χ0n) is 12.0. The van der Waals surface area contributed by atoms with E-state index in [0.29, 0.717) is 5.41 Å². The predicted octanol–water partition coefficient (Wildman–Crippen LogP) is 4.70. The number of aryl methyl sites for hydroxylation is 1. The third-order valence-electron chi connectivity index (χ3n) is 6.05. The molecule has 4 saturated carbocycles. The van der Waals surface area contributed by atoms with Crippen molar-refractivity contribution in [2.24, 2.45) is 22.7 Å². The van der Waals surface area contributed by atoms with Crippen LogP contribution < -0.4 is 0 Å². The first-order valence-corrected chi connectivity index (χ1v) is 8.59. The first-order chi connectivity index (χ1) is 8.98. The summed E-state index contributed by atoms with van der Waals surface area (Å²) in [5.74, 6) is 1.78. The van der Waals surface area contributed by atoms with E-state index >= 15 is 0 Å². The van der Waals surface area contributed by atoms with E-state index < -0.39 is 0 Å². The smallest absolute Gasteiger partial charge is 0.0854 e. The van der Waals surface area contributed by atoms with Crippen LogP contribution in [0, 0.1) is 29.6 Å². The molecule has 1 aromatic rings. The minimum atomic E-state index is -0.220. The monoisotopic (exact) mass is 276 g/mol. The van der Waals surface area contributed by atoms with Crippen LogP contribution in [-0.2, 0) is 0 Å². The molecule has 1 N–H and O–H groups in total. The van der Waals surface area contributed by atoms with Crippen molar-refractivity contribution in [2.45, 2.75) is 58.5 Å². The van der Waals surface area contributed by atoms with E-state index in [1.165, 1.54) is 49.0 Å². The van der Waals surface area contributed by atoms with Crippen LogP contribution in [0.4, 0.5) is 0 Å². The number of aliphatic hydroxyl groups is 1. The Morgan fingerprint density at radius 2 is 1.95 bits per heavy atom. The normalized spacial score (nSPS) is 45.6. The highest BCUT2D eigenvalue weighted by Gasteiger charge is 2.58. The fourth-order valence-electron chi connectivity index (χ4n) is 6.08. The van der Waals surface area contributed by atoms with Gasteiger partial charge in [0.1, 0.15) is 0 Å². The molecule has 5 rings (SSSR count). The number of aliphatic hydroxyl groups excluding tert-OH is 1. The molecule has 0 aromatic carbocycles. The third kappa shape index (κ3) is 1.83. The Bertz CT molecular complexity index is 489. The Labute approximate surface area is 120 Å². The Hall–Kier alpha value is -0.340. The number of thiophene rings is 1. The summed E-state index contributed by atoms with van der Waals surface area (Å²) in [7, 11) is 0. The zero-order valence-corrected chi connectivity index (χ0v) is 12.8.